The lowest BCUT2D eigenvalue weighted by molar-refractivity contribution is 0.0696. The molecule has 0 aliphatic heterocycles. The van der Waals surface area contributed by atoms with E-state index in [2.05, 4.69) is 25.5 Å². The van der Waals surface area contributed by atoms with Crippen LogP contribution >= 0.6 is 0 Å². The van der Waals surface area contributed by atoms with Gasteiger partial charge in [0.1, 0.15) is 0 Å². The quantitative estimate of drug-likeness (QED) is 0.446. The van der Waals surface area contributed by atoms with Crippen LogP contribution in [0, 0.1) is 6.92 Å². The van der Waals surface area contributed by atoms with Gasteiger partial charge in [-0.15, -0.1) is 0 Å². The van der Waals surface area contributed by atoms with Gasteiger partial charge in [-0.3, -0.25) is 15.1 Å². The molecule has 0 amide bonds. The summed E-state index contributed by atoms with van der Waals surface area (Å²) in [6.45, 7) is 12.8. The number of allylic oxidation sites excluding steroid dienone is 2. The van der Waals surface area contributed by atoms with Gasteiger partial charge in [0.2, 0.25) is 0 Å². The first-order chi connectivity index (χ1) is 14.0. The molecule has 0 saturated carbocycles. The first-order valence-electron chi connectivity index (χ1n) is 10.1. The molecule has 7 nitrogen and oxygen atoms in total. The minimum atomic E-state index is -0.997. The highest BCUT2D eigenvalue weighted by atomic mass is 16.4. The molecule has 0 saturated heterocycles. The molecule has 0 fully saturated rings. The largest absolute Gasteiger partial charge is 0.478 e. The molecule has 2 aromatic heterocycles. The second kappa shape index (κ2) is 15.0. The lowest BCUT2D eigenvalue weighted by atomic mass is 10.0. The molecule has 0 aliphatic carbocycles. The summed E-state index contributed by atoms with van der Waals surface area (Å²) in [5, 5.41) is 19.5. The van der Waals surface area contributed by atoms with Gasteiger partial charge in [0.15, 0.2) is 0 Å². The lowest BCUT2D eigenvalue weighted by Gasteiger charge is -2.12. The van der Waals surface area contributed by atoms with Crippen LogP contribution in [0.4, 0.5) is 0 Å². The van der Waals surface area contributed by atoms with Crippen molar-refractivity contribution in [2.45, 2.75) is 54.4 Å². The van der Waals surface area contributed by atoms with E-state index < -0.39 is 5.97 Å². The third kappa shape index (κ3) is 8.72. The van der Waals surface area contributed by atoms with Gasteiger partial charge in [0, 0.05) is 54.7 Å². The summed E-state index contributed by atoms with van der Waals surface area (Å²) in [6.07, 6.45) is 8.45. The molecule has 160 valence electrons. The molecule has 29 heavy (non-hydrogen) atoms. The molecule has 0 bridgehead atoms. The summed E-state index contributed by atoms with van der Waals surface area (Å²) in [5.41, 5.74) is 4.96. The van der Waals surface area contributed by atoms with Crippen molar-refractivity contribution >= 4 is 17.8 Å². The predicted octanol–water partition coefficient (Wildman–Crippen LogP) is 4.52. The number of carboxylic acid groups (broad SMARTS) is 1. The Kier molecular flexibility index (Phi) is 13.5. The number of aliphatic imine (C=N–C) groups is 1. The van der Waals surface area contributed by atoms with Crippen molar-refractivity contribution in [3.8, 4) is 0 Å². The topological polar surface area (TPSA) is 103 Å². The summed E-state index contributed by atoms with van der Waals surface area (Å²) in [6, 6.07) is 1.60. The summed E-state index contributed by atoms with van der Waals surface area (Å²) in [5.74, 6) is -0.997. The number of hydrogen-bond donors (Lipinski definition) is 3. The number of nitrogens with zero attached hydrogens (tertiary/aromatic N) is 3. The zero-order valence-electron chi connectivity index (χ0n) is 18.7. The van der Waals surface area contributed by atoms with Crippen LogP contribution in [0.2, 0.25) is 0 Å². The zero-order valence-corrected chi connectivity index (χ0v) is 18.7. The number of nitrogens with one attached hydrogen (secondary N) is 2. The minimum Gasteiger partial charge on any atom is -0.478 e. The molecule has 0 aromatic carbocycles. The van der Waals surface area contributed by atoms with Crippen LogP contribution in [0.15, 0.2) is 35.3 Å². The van der Waals surface area contributed by atoms with Crippen LogP contribution < -0.4 is 5.32 Å². The Morgan fingerprint density at radius 2 is 1.86 bits per heavy atom. The molecule has 0 atom stereocenters. The highest BCUT2D eigenvalue weighted by molar-refractivity contribution is 6.11. The molecule has 2 aromatic rings. The second-order valence-corrected chi connectivity index (χ2v) is 5.74. The van der Waals surface area contributed by atoms with Gasteiger partial charge in [-0.05, 0) is 38.3 Å². The van der Waals surface area contributed by atoms with Gasteiger partial charge in [-0.1, -0.05) is 27.7 Å². The van der Waals surface area contributed by atoms with Crippen molar-refractivity contribution in [3.05, 3.63) is 52.7 Å². The van der Waals surface area contributed by atoms with Crippen LogP contribution in [0.1, 0.15) is 68.2 Å². The smallest absolute Gasteiger partial charge is 0.337 e. The van der Waals surface area contributed by atoms with Crippen molar-refractivity contribution in [3.63, 3.8) is 0 Å². The van der Waals surface area contributed by atoms with E-state index in [0.29, 0.717) is 0 Å². The molecule has 0 unspecified atom stereocenters. The Balaban J connectivity index is 0.00000184. The number of rotatable bonds is 8. The molecular weight excluding hydrogens is 366 g/mol. The molecule has 2 heterocycles. The highest BCUT2D eigenvalue weighted by Gasteiger charge is 2.09. The number of aryl methyl sites for hydroxylation is 2. The number of aromatic nitrogens is 3. The standard InChI is InChI=1S/C18H23N5O2.2C2H6/c1-12-14(10-22-23-12)5-4-6-21-13(2)17(11-19-3)15-7-16(18(24)25)9-20-8-15;2*1-2/h7-11,21H,4-6H2,1-3H3,(H,22,23)(H,24,25);2*1-2H3/b17-13-,19-11?;;. The van der Waals surface area contributed by atoms with E-state index in [1.54, 1.807) is 25.5 Å². The van der Waals surface area contributed by atoms with Gasteiger partial charge < -0.3 is 10.4 Å². The second-order valence-electron chi connectivity index (χ2n) is 5.74. The van der Waals surface area contributed by atoms with Crippen LogP contribution in [-0.4, -0.2) is 46.1 Å². The Morgan fingerprint density at radius 1 is 1.21 bits per heavy atom. The zero-order chi connectivity index (χ0) is 22.2. The van der Waals surface area contributed by atoms with Crippen LogP contribution in [-0.2, 0) is 6.42 Å². The summed E-state index contributed by atoms with van der Waals surface area (Å²) < 4.78 is 0. The van der Waals surface area contributed by atoms with Crippen molar-refractivity contribution < 1.29 is 9.90 Å². The van der Waals surface area contributed by atoms with Gasteiger partial charge in [-0.2, -0.15) is 5.10 Å². The van der Waals surface area contributed by atoms with Crippen molar-refractivity contribution in [1.29, 1.82) is 0 Å². The number of H-pyrrole nitrogens is 1. The summed E-state index contributed by atoms with van der Waals surface area (Å²) >= 11 is 0. The van der Waals surface area contributed by atoms with E-state index in [1.807, 2.05) is 47.7 Å². The monoisotopic (exact) mass is 401 g/mol. The predicted molar refractivity (Wildman–Crippen MR) is 121 cm³/mol. The van der Waals surface area contributed by atoms with E-state index in [1.165, 1.54) is 11.8 Å². The van der Waals surface area contributed by atoms with E-state index in [9.17, 15) is 4.79 Å². The van der Waals surface area contributed by atoms with Crippen molar-refractivity contribution in [1.82, 2.24) is 20.5 Å². The lowest BCUT2D eigenvalue weighted by Crippen LogP contribution is -2.16. The molecule has 3 N–H and O–H groups in total. The van der Waals surface area contributed by atoms with Crippen LogP contribution in [0.25, 0.3) is 5.57 Å². The average molecular weight is 402 g/mol. The maximum Gasteiger partial charge on any atom is 0.337 e. The van der Waals surface area contributed by atoms with Gasteiger partial charge >= 0.3 is 5.97 Å². The SMILES string of the molecule is CC.CC.CN=C/C(=C(\C)NCCCc1cn[nH]c1C)c1cncc(C(=O)O)c1. The number of pyridine rings is 1. The normalized spacial score (nSPS) is 11.0. The molecular formula is C22H35N5O2. The van der Waals surface area contributed by atoms with Gasteiger partial charge in [-0.25, -0.2) is 4.79 Å². The number of carbonyl (C=O) groups is 1. The number of aromatic carboxylic acids is 1. The summed E-state index contributed by atoms with van der Waals surface area (Å²) in [7, 11) is 1.68. The third-order valence-corrected chi connectivity index (χ3v) is 3.91. The summed E-state index contributed by atoms with van der Waals surface area (Å²) in [4.78, 5) is 19.2. The number of hydrogen-bond acceptors (Lipinski definition) is 5. The molecule has 7 heteroatoms. The van der Waals surface area contributed by atoms with Crippen LogP contribution in [0.3, 0.4) is 0 Å². The first-order valence-corrected chi connectivity index (χ1v) is 10.1. The fourth-order valence-corrected chi connectivity index (χ4v) is 2.50. The van der Waals surface area contributed by atoms with E-state index in [4.69, 9.17) is 5.11 Å². The number of carboxylic acids is 1. The van der Waals surface area contributed by atoms with E-state index in [-0.39, 0.29) is 5.56 Å². The first kappa shape index (κ1) is 26.0. The van der Waals surface area contributed by atoms with E-state index >= 15 is 0 Å². The van der Waals surface area contributed by atoms with Gasteiger partial charge in [0.25, 0.3) is 0 Å². The fraction of sp³-hybridized carbons (Fsp3) is 0.455. The molecule has 0 spiro atoms. The molecule has 0 aliphatic rings. The van der Waals surface area contributed by atoms with Crippen molar-refractivity contribution in [2.24, 2.45) is 4.99 Å². The van der Waals surface area contributed by atoms with Gasteiger partial charge in [0.05, 0.1) is 11.8 Å². The Labute approximate surface area is 174 Å². The fourth-order valence-electron chi connectivity index (χ4n) is 2.50. The Bertz CT molecular complexity index is 794. The maximum atomic E-state index is 11.1. The highest BCUT2D eigenvalue weighted by Crippen LogP contribution is 2.16. The molecule has 2 rings (SSSR count). The molecule has 0 radical (unpaired) electrons. The van der Waals surface area contributed by atoms with E-state index in [0.717, 1.165) is 41.9 Å². The maximum absolute atomic E-state index is 11.1. The van der Waals surface area contributed by atoms with Crippen molar-refractivity contribution in [2.75, 3.05) is 13.6 Å². The average Bonchev–Trinajstić information content (AvgIpc) is 3.17. The Hall–Kier alpha value is -2.96. The third-order valence-electron chi connectivity index (χ3n) is 3.91. The number of aromatic amines is 1. The minimum absolute atomic E-state index is 0.155. The van der Waals surface area contributed by atoms with Crippen LogP contribution in [0.5, 0.6) is 0 Å². The Morgan fingerprint density at radius 3 is 2.41 bits per heavy atom.